The summed E-state index contributed by atoms with van der Waals surface area (Å²) in [6.45, 7) is 10.2. The molecule has 0 N–H and O–H groups in total. The second kappa shape index (κ2) is 9.92. The maximum atomic E-state index is 5.57. The summed E-state index contributed by atoms with van der Waals surface area (Å²) in [6, 6.07) is 28.9. The molecule has 32 heavy (non-hydrogen) atoms. The highest BCUT2D eigenvalue weighted by Gasteiger charge is 2.29. The molecular formula is C30H37NO. The zero-order valence-electron chi connectivity index (χ0n) is 20.1. The quantitative estimate of drug-likeness (QED) is 0.418. The maximum absolute atomic E-state index is 5.57. The highest BCUT2D eigenvalue weighted by atomic mass is 16.5. The molecule has 0 aromatic heterocycles. The zero-order chi connectivity index (χ0) is 22.6. The molecule has 168 valence electrons. The van der Waals surface area contributed by atoms with Crippen LogP contribution < -0.4 is 4.74 Å². The minimum atomic E-state index is 0.173. The van der Waals surface area contributed by atoms with Gasteiger partial charge in [0.1, 0.15) is 5.75 Å². The van der Waals surface area contributed by atoms with E-state index in [-0.39, 0.29) is 5.41 Å². The fraction of sp³-hybridized carbons (Fsp3) is 0.400. The maximum Gasteiger partial charge on any atom is 0.119 e. The van der Waals surface area contributed by atoms with Crippen molar-refractivity contribution in [3.05, 3.63) is 101 Å². The minimum absolute atomic E-state index is 0.173. The van der Waals surface area contributed by atoms with E-state index in [1.165, 1.54) is 35.1 Å². The van der Waals surface area contributed by atoms with E-state index in [2.05, 4.69) is 98.5 Å². The first-order valence-electron chi connectivity index (χ1n) is 11.9. The van der Waals surface area contributed by atoms with E-state index >= 15 is 0 Å². The van der Waals surface area contributed by atoms with E-state index in [4.69, 9.17) is 4.74 Å². The van der Waals surface area contributed by atoms with Crippen molar-refractivity contribution in [1.82, 2.24) is 4.90 Å². The lowest BCUT2D eigenvalue weighted by atomic mass is 9.75. The second-order valence-corrected chi connectivity index (χ2v) is 10.2. The molecule has 1 unspecified atom stereocenters. The third kappa shape index (κ3) is 5.42. The van der Waals surface area contributed by atoms with E-state index < -0.39 is 0 Å². The summed E-state index contributed by atoms with van der Waals surface area (Å²) in [5.74, 6) is 1.98. The molecule has 0 radical (unpaired) electrons. The molecule has 0 spiro atoms. The van der Waals surface area contributed by atoms with Crippen LogP contribution in [0.1, 0.15) is 61.8 Å². The summed E-state index contributed by atoms with van der Waals surface area (Å²) >= 11 is 0. The van der Waals surface area contributed by atoms with E-state index in [1.807, 2.05) is 6.07 Å². The molecule has 1 atom stereocenters. The molecule has 0 bridgehead atoms. The molecule has 2 heteroatoms. The van der Waals surface area contributed by atoms with Crippen LogP contribution in [0.3, 0.4) is 0 Å². The number of benzene rings is 3. The summed E-state index contributed by atoms with van der Waals surface area (Å²) < 4.78 is 5.57. The molecule has 0 saturated carbocycles. The highest BCUT2D eigenvalue weighted by molar-refractivity contribution is 5.40. The average Bonchev–Trinajstić information content (AvgIpc) is 2.81. The van der Waals surface area contributed by atoms with Gasteiger partial charge in [0.2, 0.25) is 0 Å². The van der Waals surface area contributed by atoms with Crippen molar-refractivity contribution in [3.63, 3.8) is 0 Å². The molecule has 3 aromatic carbocycles. The van der Waals surface area contributed by atoms with Crippen molar-refractivity contribution in [2.24, 2.45) is 5.92 Å². The summed E-state index contributed by atoms with van der Waals surface area (Å²) in [7, 11) is 1.76. The normalized spacial score (nSPS) is 16.6. The van der Waals surface area contributed by atoms with Crippen molar-refractivity contribution in [2.45, 2.75) is 51.5 Å². The predicted octanol–water partition coefficient (Wildman–Crippen LogP) is 7.04. The Hall–Kier alpha value is -2.58. The van der Waals surface area contributed by atoms with Crippen molar-refractivity contribution < 1.29 is 4.74 Å². The van der Waals surface area contributed by atoms with Gasteiger partial charge in [-0.05, 0) is 71.7 Å². The standard InChI is InChI=1S/C30H37NO/c1-30(2,3)27-15-13-24(14-16-27)29(26-11-8-12-28(21-26)32-4)25-17-19-31(20-18-25)22-23-9-6-5-7-10-23/h5-16,21,25,29H,17-20,22H2,1-4H3. The number of likely N-dealkylation sites (tertiary alicyclic amines) is 1. The van der Waals surface area contributed by atoms with Crippen molar-refractivity contribution in [3.8, 4) is 5.75 Å². The van der Waals surface area contributed by atoms with Gasteiger partial charge < -0.3 is 4.74 Å². The molecule has 0 amide bonds. The van der Waals surface area contributed by atoms with Crippen LogP contribution in [-0.4, -0.2) is 25.1 Å². The number of nitrogens with zero attached hydrogens (tertiary/aromatic N) is 1. The van der Waals surface area contributed by atoms with Gasteiger partial charge in [-0.1, -0.05) is 87.5 Å². The van der Waals surface area contributed by atoms with Crippen molar-refractivity contribution >= 4 is 0 Å². The number of hydrogen-bond donors (Lipinski definition) is 0. The van der Waals surface area contributed by atoms with E-state index in [1.54, 1.807) is 7.11 Å². The first-order chi connectivity index (χ1) is 15.4. The van der Waals surface area contributed by atoms with Gasteiger partial charge in [-0.3, -0.25) is 4.90 Å². The van der Waals surface area contributed by atoms with E-state index in [9.17, 15) is 0 Å². The number of methoxy groups -OCH3 is 1. The Balaban J connectivity index is 1.56. The smallest absolute Gasteiger partial charge is 0.119 e. The van der Waals surface area contributed by atoms with E-state index in [0.29, 0.717) is 11.8 Å². The van der Waals surface area contributed by atoms with Gasteiger partial charge in [-0.25, -0.2) is 0 Å². The van der Waals surface area contributed by atoms with Crippen LogP contribution in [0.4, 0.5) is 0 Å². The topological polar surface area (TPSA) is 12.5 Å². The van der Waals surface area contributed by atoms with Crippen LogP contribution in [0.2, 0.25) is 0 Å². The summed E-state index contributed by atoms with van der Waals surface area (Å²) in [6.07, 6.45) is 2.44. The molecular weight excluding hydrogens is 390 g/mol. The Kier molecular flexibility index (Phi) is 7.01. The SMILES string of the molecule is COc1cccc(C(c2ccc(C(C)(C)C)cc2)C2CCN(Cc3ccccc3)CC2)c1. The van der Waals surface area contributed by atoms with Crippen LogP contribution in [0.25, 0.3) is 0 Å². The number of piperidine rings is 1. The van der Waals surface area contributed by atoms with Gasteiger partial charge >= 0.3 is 0 Å². The van der Waals surface area contributed by atoms with Crippen LogP contribution in [0, 0.1) is 5.92 Å². The number of rotatable bonds is 6. The molecule has 1 aliphatic heterocycles. The first kappa shape index (κ1) is 22.6. The molecule has 1 saturated heterocycles. The van der Waals surface area contributed by atoms with Crippen LogP contribution in [0.5, 0.6) is 5.75 Å². The lowest BCUT2D eigenvalue weighted by Gasteiger charge is -2.37. The molecule has 2 nitrogen and oxygen atoms in total. The average molecular weight is 428 g/mol. The fourth-order valence-corrected chi connectivity index (χ4v) is 5.05. The summed E-state index contributed by atoms with van der Waals surface area (Å²) in [4.78, 5) is 2.61. The van der Waals surface area contributed by atoms with Crippen LogP contribution >= 0.6 is 0 Å². The minimum Gasteiger partial charge on any atom is -0.497 e. The summed E-state index contributed by atoms with van der Waals surface area (Å²) in [5, 5.41) is 0. The highest BCUT2D eigenvalue weighted by Crippen LogP contribution is 2.40. The second-order valence-electron chi connectivity index (χ2n) is 10.2. The molecule has 4 rings (SSSR count). The molecule has 1 fully saturated rings. The van der Waals surface area contributed by atoms with Crippen LogP contribution in [-0.2, 0) is 12.0 Å². The Labute approximate surface area is 194 Å². The Morgan fingerprint density at radius 1 is 0.844 bits per heavy atom. The van der Waals surface area contributed by atoms with Gasteiger partial charge in [0.25, 0.3) is 0 Å². The van der Waals surface area contributed by atoms with Gasteiger partial charge in [0, 0.05) is 12.5 Å². The van der Waals surface area contributed by atoms with Gasteiger partial charge in [-0.15, -0.1) is 0 Å². The number of ether oxygens (including phenoxy) is 1. The van der Waals surface area contributed by atoms with Gasteiger partial charge in [0.05, 0.1) is 7.11 Å². The van der Waals surface area contributed by atoms with Gasteiger partial charge in [-0.2, -0.15) is 0 Å². The van der Waals surface area contributed by atoms with E-state index in [0.717, 1.165) is 25.4 Å². The fourth-order valence-electron chi connectivity index (χ4n) is 5.05. The lowest BCUT2D eigenvalue weighted by Crippen LogP contribution is -2.35. The Morgan fingerprint density at radius 3 is 2.16 bits per heavy atom. The monoisotopic (exact) mass is 427 g/mol. The third-order valence-corrected chi connectivity index (χ3v) is 6.94. The van der Waals surface area contributed by atoms with Gasteiger partial charge in [0.15, 0.2) is 0 Å². The zero-order valence-corrected chi connectivity index (χ0v) is 20.1. The Morgan fingerprint density at radius 2 is 1.53 bits per heavy atom. The van der Waals surface area contributed by atoms with Crippen LogP contribution in [0.15, 0.2) is 78.9 Å². The predicted molar refractivity (Wildman–Crippen MR) is 134 cm³/mol. The van der Waals surface area contributed by atoms with Crippen molar-refractivity contribution in [2.75, 3.05) is 20.2 Å². The molecule has 3 aromatic rings. The number of hydrogen-bond acceptors (Lipinski definition) is 2. The molecule has 1 heterocycles. The Bertz CT molecular complexity index is 979. The summed E-state index contributed by atoms with van der Waals surface area (Å²) in [5.41, 5.74) is 5.77. The molecule has 0 aliphatic carbocycles. The molecule has 1 aliphatic rings. The third-order valence-electron chi connectivity index (χ3n) is 6.94. The largest absolute Gasteiger partial charge is 0.497 e. The lowest BCUT2D eigenvalue weighted by molar-refractivity contribution is 0.168. The van der Waals surface area contributed by atoms with Crippen molar-refractivity contribution in [1.29, 1.82) is 0 Å². The first-order valence-corrected chi connectivity index (χ1v) is 11.9.